The van der Waals surface area contributed by atoms with Crippen molar-refractivity contribution in [2.75, 3.05) is 48.0 Å². The van der Waals surface area contributed by atoms with E-state index in [2.05, 4.69) is 24.1 Å². The van der Waals surface area contributed by atoms with Crippen LogP contribution in [0.25, 0.3) is 0 Å². The van der Waals surface area contributed by atoms with E-state index in [0.29, 0.717) is 5.82 Å². The molecule has 6 nitrogen and oxygen atoms in total. The summed E-state index contributed by atoms with van der Waals surface area (Å²) in [6, 6.07) is 1.84. The maximum Gasteiger partial charge on any atom is 0.225 e. The monoisotopic (exact) mass is 308 g/mol. The lowest BCUT2D eigenvalue weighted by molar-refractivity contribution is 0.641. The third kappa shape index (κ3) is 2.53. The van der Waals surface area contributed by atoms with E-state index in [1.54, 1.807) is 24.2 Å². The molecule has 3 rings (SSSR count). The molecule has 0 radical (unpaired) electrons. The lowest BCUT2D eigenvalue weighted by Crippen LogP contribution is -2.47. The van der Waals surface area contributed by atoms with Gasteiger partial charge in [-0.2, -0.15) is 4.37 Å². The SMILES string of the molecule is CSc1c(N)nsc1N1CCN(c2ncccn2)CC1. The zero-order valence-electron chi connectivity index (χ0n) is 11.2. The largest absolute Gasteiger partial charge is 0.382 e. The van der Waals surface area contributed by atoms with Gasteiger partial charge in [0, 0.05) is 38.6 Å². The lowest BCUT2D eigenvalue weighted by atomic mass is 10.3. The fraction of sp³-hybridized carbons (Fsp3) is 0.417. The molecule has 0 atom stereocenters. The number of nitrogen functional groups attached to an aromatic ring is 1. The first kappa shape index (κ1) is 13.4. The van der Waals surface area contributed by atoms with E-state index in [-0.39, 0.29) is 0 Å². The normalized spacial score (nSPS) is 15.7. The molecule has 0 aromatic carbocycles. The van der Waals surface area contributed by atoms with Gasteiger partial charge < -0.3 is 15.5 Å². The Morgan fingerprint density at radius 1 is 1.15 bits per heavy atom. The van der Waals surface area contributed by atoms with Crippen molar-refractivity contribution < 1.29 is 0 Å². The van der Waals surface area contributed by atoms with Crippen LogP contribution < -0.4 is 15.5 Å². The van der Waals surface area contributed by atoms with Crippen LogP contribution in [0.5, 0.6) is 0 Å². The molecular formula is C12H16N6S2. The maximum atomic E-state index is 5.90. The van der Waals surface area contributed by atoms with Crippen molar-refractivity contribution in [3.8, 4) is 0 Å². The van der Waals surface area contributed by atoms with Crippen LogP contribution in [-0.2, 0) is 0 Å². The Morgan fingerprint density at radius 3 is 2.45 bits per heavy atom. The molecular weight excluding hydrogens is 292 g/mol. The number of thioether (sulfide) groups is 1. The highest BCUT2D eigenvalue weighted by molar-refractivity contribution is 7.99. The second kappa shape index (κ2) is 5.84. The molecule has 2 aromatic rings. The minimum absolute atomic E-state index is 0.645. The summed E-state index contributed by atoms with van der Waals surface area (Å²) in [4.78, 5) is 14.3. The molecule has 0 unspecified atom stereocenters. The average molecular weight is 308 g/mol. The highest BCUT2D eigenvalue weighted by atomic mass is 32.2. The number of nitrogens with two attached hydrogens (primary N) is 1. The third-order valence-corrected chi connectivity index (χ3v) is 5.13. The Labute approximate surface area is 126 Å². The van der Waals surface area contributed by atoms with E-state index in [0.717, 1.165) is 37.0 Å². The van der Waals surface area contributed by atoms with Crippen LogP contribution in [0.2, 0.25) is 0 Å². The minimum atomic E-state index is 0.645. The lowest BCUT2D eigenvalue weighted by Gasteiger charge is -2.35. The van der Waals surface area contributed by atoms with E-state index in [9.17, 15) is 0 Å². The standard InChI is InChI=1S/C12H16N6S2/c1-19-9-10(13)16-20-11(9)17-5-7-18(8-6-17)12-14-3-2-4-15-12/h2-4H,5-8H2,1H3,(H2,13,16). The van der Waals surface area contributed by atoms with Gasteiger partial charge >= 0.3 is 0 Å². The molecule has 2 aromatic heterocycles. The number of anilines is 3. The predicted molar refractivity (Wildman–Crippen MR) is 84.8 cm³/mol. The Balaban J connectivity index is 1.69. The van der Waals surface area contributed by atoms with Crippen LogP contribution in [0, 0.1) is 0 Å². The summed E-state index contributed by atoms with van der Waals surface area (Å²) in [6.45, 7) is 3.70. The van der Waals surface area contributed by atoms with Gasteiger partial charge in [-0.05, 0) is 23.9 Å². The molecule has 2 N–H and O–H groups in total. The van der Waals surface area contributed by atoms with E-state index < -0.39 is 0 Å². The molecule has 0 amide bonds. The Bertz CT molecular complexity index is 565. The predicted octanol–water partition coefficient (Wildman–Crippen LogP) is 1.56. The van der Waals surface area contributed by atoms with Gasteiger partial charge in [-0.3, -0.25) is 0 Å². The Morgan fingerprint density at radius 2 is 1.80 bits per heavy atom. The summed E-state index contributed by atoms with van der Waals surface area (Å²) in [5.74, 6) is 1.45. The molecule has 0 bridgehead atoms. The number of hydrogen-bond acceptors (Lipinski definition) is 8. The molecule has 0 spiro atoms. The van der Waals surface area contributed by atoms with Crippen LogP contribution in [0.3, 0.4) is 0 Å². The first-order chi connectivity index (χ1) is 9.79. The van der Waals surface area contributed by atoms with Crippen molar-refractivity contribution in [2.24, 2.45) is 0 Å². The Kier molecular flexibility index (Phi) is 3.93. The van der Waals surface area contributed by atoms with Gasteiger partial charge in [0.25, 0.3) is 0 Å². The molecule has 20 heavy (non-hydrogen) atoms. The maximum absolute atomic E-state index is 5.90. The molecule has 0 saturated carbocycles. The topological polar surface area (TPSA) is 71.2 Å². The van der Waals surface area contributed by atoms with Gasteiger partial charge in [-0.1, -0.05) is 0 Å². The van der Waals surface area contributed by atoms with Crippen molar-refractivity contribution >= 4 is 40.1 Å². The third-order valence-electron chi connectivity index (χ3n) is 3.26. The summed E-state index contributed by atoms with van der Waals surface area (Å²) in [5.41, 5.74) is 5.90. The van der Waals surface area contributed by atoms with Gasteiger partial charge in [0.15, 0.2) is 5.82 Å². The number of nitrogens with zero attached hydrogens (tertiary/aromatic N) is 5. The minimum Gasteiger partial charge on any atom is -0.382 e. The highest BCUT2D eigenvalue weighted by Crippen LogP contribution is 2.37. The van der Waals surface area contributed by atoms with Crippen LogP contribution in [0.4, 0.5) is 16.8 Å². The fourth-order valence-corrected chi connectivity index (χ4v) is 3.98. The van der Waals surface area contributed by atoms with Crippen LogP contribution >= 0.6 is 23.3 Å². The summed E-state index contributed by atoms with van der Waals surface area (Å²) in [7, 11) is 0. The number of hydrogen-bond donors (Lipinski definition) is 1. The first-order valence-electron chi connectivity index (χ1n) is 6.35. The summed E-state index contributed by atoms with van der Waals surface area (Å²) in [5, 5.41) is 1.18. The zero-order chi connectivity index (χ0) is 13.9. The molecule has 8 heteroatoms. The van der Waals surface area contributed by atoms with Crippen molar-refractivity contribution in [1.82, 2.24) is 14.3 Å². The van der Waals surface area contributed by atoms with E-state index in [4.69, 9.17) is 5.73 Å². The van der Waals surface area contributed by atoms with Crippen molar-refractivity contribution in [3.63, 3.8) is 0 Å². The molecule has 106 valence electrons. The van der Waals surface area contributed by atoms with Crippen LogP contribution in [0.15, 0.2) is 23.4 Å². The highest BCUT2D eigenvalue weighted by Gasteiger charge is 2.23. The van der Waals surface area contributed by atoms with E-state index in [1.165, 1.54) is 16.5 Å². The number of rotatable bonds is 3. The zero-order valence-corrected chi connectivity index (χ0v) is 12.8. The van der Waals surface area contributed by atoms with Crippen molar-refractivity contribution in [3.05, 3.63) is 18.5 Å². The number of piperazine rings is 1. The second-order valence-corrected chi connectivity index (χ2v) is 6.00. The smallest absolute Gasteiger partial charge is 0.225 e. The molecule has 1 aliphatic heterocycles. The summed E-state index contributed by atoms with van der Waals surface area (Å²) >= 11 is 3.15. The molecule has 3 heterocycles. The van der Waals surface area contributed by atoms with Crippen molar-refractivity contribution in [2.45, 2.75) is 4.90 Å². The van der Waals surface area contributed by atoms with Crippen LogP contribution in [-0.4, -0.2) is 46.8 Å². The van der Waals surface area contributed by atoms with Gasteiger partial charge in [0.05, 0.1) is 4.90 Å². The Hall–Kier alpha value is -1.54. The average Bonchev–Trinajstić information content (AvgIpc) is 2.89. The van der Waals surface area contributed by atoms with E-state index in [1.807, 2.05) is 12.3 Å². The van der Waals surface area contributed by atoms with Crippen molar-refractivity contribution in [1.29, 1.82) is 0 Å². The fourth-order valence-electron chi connectivity index (χ4n) is 2.24. The first-order valence-corrected chi connectivity index (χ1v) is 8.35. The van der Waals surface area contributed by atoms with E-state index >= 15 is 0 Å². The summed E-state index contributed by atoms with van der Waals surface area (Å²) < 4.78 is 4.26. The van der Waals surface area contributed by atoms with Gasteiger partial charge in [0.2, 0.25) is 5.95 Å². The molecule has 1 saturated heterocycles. The quantitative estimate of drug-likeness (QED) is 0.863. The molecule has 1 aliphatic rings. The number of aromatic nitrogens is 3. The second-order valence-electron chi connectivity index (χ2n) is 4.43. The van der Waals surface area contributed by atoms with Gasteiger partial charge in [-0.15, -0.1) is 11.8 Å². The molecule has 1 fully saturated rings. The van der Waals surface area contributed by atoms with Crippen LogP contribution in [0.1, 0.15) is 0 Å². The van der Waals surface area contributed by atoms with Gasteiger partial charge in [-0.25, -0.2) is 9.97 Å². The van der Waals surface area contributed by atoms with Gasteiger partial charge in [0.1, 0.15) is 5.00 Å². The molecule has 0 aliphatic carbocycles. The summed E-state index contributed by atoms with van der Waals surface area (Å²) in [6.07, 6.45) is 5.60.